The standard InChI is InChI=1S/C14H18ClN3S/c1-10-13(14(15)18(3)17-10)9-19-12-6-4-11(5-7-12)8-16-2/h4-7,16H,8-9H2,1-3H3. The minimum Gasteiger partial charge on any atom is -0.316 e. The molecule has 1 aromatic carbocycles. The lowest BCUT2D eigenvalue weighted by Crippen LogP contribution is -2.04. The van der Waals surface area contributed by atoms with Gasteiger partial charge in [0, 0.05) is 29.8 Å². The Balaban J connectivity index is 2.02. The van der Waals surface area contributed by atoms with Gasteiger partial charge in [-0.2, -0.15) is 5.10 Å². The molecular weight excluding hydrogens is 278 g/mol. The molecule has 0 radical (unpaired) electrons. The number of nitrogens with one attached hydrogen (secondary N) is 1. The van der Waals surface area contributed by atoms with Gasteiger partial charge < -0.3 is 5.32 Å². The van der Waals surface area contributed by atoms with Gasteiger partial charge in [-0.05, 0) is 31.7 Å². The van der Waals surface area contributed by atoms with Gasteiger partial charge >= 0.3 is 0 Å². The molecule has 0 fully saturated rings. The molecule has 0 aliphatic carbocycles. The fraction of sp³-hybridized carbons (Fsp3) is 0.357. The van der Waals surface area contributed by atoms with Crippen molar-refractivity contribution in [1.82, 2.24) is 15.1 Å². The molecule has 3 nitrogen and oxygen atoms in total. The smallest absolute Gasteiger partial charge is 0.131 e. The largest absolute Gasteiger partial charge is 0.316 e. The molecule has 2 rings (SSSR count). The van der Waals surface area contributed by atoms with Gasteiger partial charge in [0.15, 0.2) is 0 Å². The maximum atomic E-state index is 6.23. The predicted molar refractivity (Wildman–Crippen MR) is 81.7 cm³/mol. The van der Waals surface area contributed by atoms with Gasteiger partial charge in [-0.15, -0.1) is 11.8 Å². The van der Waals surface area contributed by atoms with Crippen molar-refractivity contribution in [2.24, 2.45) is 7.05 Å². The fourth-order valence-corrected chi connectivity index (χ4v) is 3.21. The summed E-state index contributed by atoms with van der Waals surface area (Å²) in [7, 11) is 3.83. The van der Waals surface area contributed by atoms with E-state index in [0.717, 1.165) is 28.7 Å². The molecule has 0 bridgehead atoms. The van der Waals surface area contributed by atoms with E-state index in [1.165, 1.54) is 10.5 Å². The van der Waals surface area contributed by atoms with Crippen LogP contribution in [-0.2, 0) is 19.3 Å². The predicted octanol–water partition coefficient (Wildman–Crippen LogP) is 3.39. The first-order chi connectivity index (χ1) is 9.11. The highest BCUT2D eigenvalue weighted by molar-refractivity contribution is 7.98. The van der Waals surface area contributed by atoms with Crippen LogP contribution in [0.15, 0.2) is 29.2 Å². The zero-order chi connectivity index (χ0) is 13.8. The Labute approximate surface area is 123 Å². The van der Waals surface area contributed by atoms with Gasteiger partial charge in [-0.3, -0.25) is 4.68 Å². The molecule has 0 aliphatic rings. The van der Waals surface area contributed by atoms with Crippen molar-refractivity contribution in [1.29, 1.82) is 0 Å². The lowest BCUT2D eigenvalue weighted by atomic mass is 10.2. The van der Waals surface area contributed by atoms with E-state index in [2.05, 4.69) is 34.7 Å². The van der Waals surface area contributed by atoms with Crippen molar-refractivity contribution in [3.63, 3.8) is 0 Å². The van der Waals surface area contributed by atoms with Crippen molar-refractivity contribution < 1.29 is 0 Å². The number of hydrogen-bond acceptors (Lipinski definition) is 3. The molecule has 1 N–H and O–H groups in total. The van der Waals surface area contributed by atoms with Gasteiger partial charge in [0.05, 0.1) is 5.69 Å². The third kappa shape index (κ3) is 3.53. The van der Waals surface area contributed by atoms with Crippen molar-refractivity contribution in [2.45, 2.75) is 24.1 Å². The van der Waals surface area contributed by atoms with Crippen LogP contribution in [-0.4, -0.2) is 16.8 Å². The third-order valence-corrected chi connectivity index (χ3v) is 4.47. The number of aryl methyl sites for hydroxylation is 2. The zero-order valence-electron chi connectivity index (χ0n) is 11.4. The molecule has 0 aliphatic heterocycles. The first-order valence-electron chi connectivity index (χ1n) is 6.16. The first-order valence-corrected chi connectivity index (χ1v) is 7.52. The third-order valence-electron chi connectivity index (χ3n) is 2.96. The number of aromatic nitrogens is 2. The van der Waals surface area contributed by atoms with Gasteiger partial charge in [0.2, 0.25) is 0 Å². The molecule has 1 heterocycles. The summed E-state index contributed by atoms with van der Waals surface area (Å²) in [5.41, 5.74) is 3.42. The Morgan fingerprint density at radius 3 is 2.53 bits per heavy atom. The first kappa shape index (κ1) is 14.4. The number of halogens is 1. The molecular formula is C14H18ClN3S. The van der Waals surface area contributed by atoms with Gasteiger partial charge in [-0.25, -0.2) is 0 Å². The number of nitrogens with zero attached hydrogens (tertiary/aromatic N) is 2. The lowest BCUT2D eigenvalue weighted by molar-refractivity contribution is 0.757. The summed E-state index contributed by atoms with van der Waals surface area (Å²) >= 11 is 8.01. The van der Waals surface area contributed by atoms with Crippen LogP contribution in [0.2, 0.25) is 5.15 Å². The Kier molecular flexibility index (Phi) is 4.91. The number of hydrogen-bond donors (Lipinski definition) is 1. The highest BCUT2D eigenvalue weighted by Gasteiger charge is 2.11. The molecule has 0 saturated heterocycles. The molecule has 0 spiro atoms. The highest BCUT2D eigenvalue weighted by atomic mass is 35.5. The van der Waals surface area contributed by atoms with E-state index in [9.17, 15) is 0 Å². The van der Waals surface area contributed by atoms with Crippen LogP contribution < -0.4 is 5.32 Å². The Morgan fingerprint density at radius 2 is 2.00 bits per heavy atom. The van der Waals surface area contributed by atoms with Crippen LogP contribution in [0.25, 0.3) is 0 Å². The summed E-state index contributed by atoms with van der Waals surface area (Å²) in [6.45, 7) is 2.90. The lowest BCUT2D eigenvalue weighted by Gasteiger charge is -2.04. The zero-order valence-corrected chi connectivity index (χ0v) is 13.0. The van der Waals surface area contributed by atoms with Crippen molar-refractivity contribution in [2.75, 3.05) is 7.05 Å². The maximum Gasteiger partial charge on any atom is 0.131 e. The Bertz CT molecular complexity index is 549. The molecule has 102 valence electrons. The SMILES string of the molecule is CNCc1ccc(SCc2c(C)nn(C)c2Cl)cc1. The van der Waals surface area contributed by atoms with Crippen LogP contribution in [0.1, 0.15) is 16.8 Å². The van der Waals surface area contributed by atoms with Crippen LogP contribution in [0.5, 0.6) is 0 Å². The molecule has 0 atom stereocenters. The number of rotatable bonds is 5. The summed E-state index contributed by atoms with van der Waals surface area (Å²) < 4.78 is 1.72. The molecule has 0 amide bonds. The quantitative estimate of drug-likeness (QED) is 0.858. The topological polar surface area (TPSA) is 29.9 Å². The minimum absolute atomic E-state index is 0.733. The van der Waals surface area contributed by atoms with Crippen LogP contribution in [0.4, 0.5) is 0 Å². The average molecular weight is 296 g/mol. The molecule has 19 heavy (non-hydrogen) atoms. The summed E-state index contributed by atoms with van der Waals surface area (Å²) in [5.74, 6) is 0.851. The fourth-order valence-electron chi connectivity index (χ4n) is 1.90. The normalized spacial score (nSPS) is 10.9. The van der Waals surface area contributed by atoms with Crippen LogP contribution in [0.3, 0.4) is 0 Å². The second-order valence-corrected chi connectivity index (χ2v) is 5.85. The maximum absolute atomic E-state index is 6.23. The molecule has 5 heteroatoms. The summed E-state index contributed by atoms with van der Waals surface area (Å²) in [5, 5.41) is 8.20. The molecule has 0 saturated carbocycles. The molecule has 0 unspecified atom stereocenters. The van der Waals surface area contributed by atoms with E-state index in [4.69, 9.17) is 11.6 Å². The number of thioether (sulfide) groups is 1. The van der Waals surface area contributed by atoms with E-state index in [0.29, 0.717) is 0 Å². The van der Waals surface area contributed by atoms with E-state index in [1.54, 1.807) is 16.4 Å². The second-order valence-electron chi connectivity index (χ2n) is 4.44. The summed E-state index contributed by atoms with van der Waals surface area (Å²) in [4.78, 5) is 1.25. The van der Waals surface area contributed by atoms with Crippen LogP contribution in [0, 0.1) is 6.92 Å². The highest BCUT2D eigenvalue weighted by Crippen LogP contribution is 2.28. The van der Waals surface area contributed by atoms with Crippen molar-refractivity contribution in [3.8, 4) is 0 Å². The number of benzene rings is 1. The molecule has 2 aromatic rings. The van der Waals surface area contributed by atoms with E-state index >= 15 is 0 Å². The van der Waals surface area contributed by atoms with E-state index < -0.39 is 0 Å². The van der Waals surface area contributed by atoms with Crippen molar-refractivity contribution in [3.05, 3.63) is 46.2 Å². The van der Waals surface area contributed by atoms with Gasteiger partial charge in [0.1, 0.15) is 5.15 Å². The minimum atomic E-state index is 0.733. The average Bonchev–Trinajstić information content (AvgIpc) is 2.64. The summed E-state index contributed by atoms with van der Waals surface area (Å²) in [6.07, 6.45) is 0. The summed E-state index contributed by atoms with van der Waals surface area (Å²) in [6, 6.07) is 8.60. The Hall–Kier alpha value is -0.970. The monoisotopic (exact) mass is 295 g/mol. The second kappa shape index (κ2) is 6.46. The Morgan fingerprint density at radius 1 is 1.32 bits per heavy atom. The van der Waals surface area contributed by atoms with Crippen LogP contribution >= 0.6 is 23.4 Å². The van der Waals surface area contributed by atoms with Gasteiger partial charge in [0.25, 0.3) is 0 Å². The van der Waals surface area contributed by atoms with Gasteiger partial charge in [-0.1, -0.05) is 23.7 Å². The van der Waals surface area contributed by atoms with E-state index in [-0.39, 0.29) is 0 Å². The molecule has 1 aromatic heterocycles. The van der Waals surface area contributed by atoms with E-state index in [1.807, 2.05) is 21.0 Å². The van der Waals surface area contributed by atoms with Crippen molar-refractivity contribution >= 4 is 23.4 Å².